The number of hydrogen-bond donors (Lipinski definition) is 1. The summed E-state index contributed by atoms with van der Waals surface area (Å²) in [7, 11) is 0. The zero-order valence-electron chi connectivity index (χ0n) is 20.0. The summed E-state index contributed by atoms with van der Waals surface area (Å²) in [6.07, 6.45) is 1.62. The van der Waals surface area contributed by atoms with E-state index < -0.39 is 18.0 Å². The molecule has 4 aromatic rings. The maximum atomic E-state index is 13.6. The molecule has 9 heteroatoms. The predicted molar refractivity (Wildman–Crippen MR) is 138 cm³/mol. The van der Waals surface area contributed by atoms with Gasteiger partial charge < -0.3 is 14.3 Å². The smallest absolute Gasteiger partial charge is 0.338 e. The summed E-state index contributed by atoms with van der Waals surface area (Å²) in [5, 5.41) is 9.26. The van der Waals surface area contributed by atoms with Crippen LogP contribution in [-0.2, 0) is 9.53 Å². The molecule has 2 aromatic heterocycles. The first-order valence-electron chi connectivity index (χ1n) is 11.6. The van der Waals surface area contributed by atoms with Gasteiger partial charge in [0.05, 0.1) is 34.0 Å². The van der Waals surface area contributed by atoms with Gasteiger partial charge in [0.15, 0.2) is 4.80 Å². The van der Waals surface area contributed by atoms with Crippen LogP contribution in [0.2, 0.25) is 0 Å². The lowest BCUT2D eigenvalue weighted by Crippen LogP contribution is -2.39. The van der Waals surface area contributed by atoms with Gasteiger partial charge in [-0.1, -0.05) is 53.8 Å². The fourth-order valence-electron chi connectivity index (χ4n) is 4.26. The molecule has 0 radical (unpaired) electrons. The lowest BCUT2D eigenvalue weighted by molar-refractivity contribution is -0.139. The van der Waals surface area contributed by atoms with Crippen molar-refractivity contribution in [2.45, 2.75) is 19.9 Å². The molecule has 0 bridgehead atoms. The lowest BCUT2D eigenvalue weighted by atomic mass is 9.96. The summed E-state index contributed by atoms with van der Waals surface area (Å²) in [6, 6.07) is 18.5. The third-order valence-corrected chi connectivity index (χ3v) is 6.91. The predicted octanol–water partition coefficient (Wildman–Crippen LogP) is 3.76. The normalized spacial score (nSPS) is 15.3. The molecule has 3 heterocycles. The number of carboxylic acids is 1. The van der Waals surface area contributed by atoms with Crippen molar-refractivity contribution < 1.29 is 23.8 Å². The van der Waals surface area contributed by atoms with E-state index in [-0.39, 0.29) is 17.7 Å². The van der Waals surface area contributed by atoms with Gasteiger partial charge in [-0.2, -0.15) is 0 Å². The molecule has 0 fully saturated rings. The van der Waals surface area contributed by atoms with E-state index in [1.54, 1.807) is 44.2 Å². The zero-order valence-corrected chi connectivity index (χ0v) is 20.8. The van der Waals surface area contributed by atoms with Crippen molar-refractivity contribution in [3.05, 3.63) is 115 Å². The van der Waals surface area contributed by atoms with Gasteiger partial charge >= 0.3 is 11.9 Å². The van der Waals surface area contributed by atoms with E-state index in [0.717, 1.165) is 5.56 Å². The minimum atomic E-state index is -1.03. The number of hydrogen-bond acceptors (Lipinski definition) is 7. The Kier molecular flexibility index (Phi) is 6.45. The fraction of sp³-hybridized carbons (Fsp3) is 0.143. The monoisotopic (exact) mass is 514 g/mol. The van der Waals surface area contributed by atoms with Crippen LogP contribution in [0.15, 0.2) is 92.2 Å². The van der Waals surface area contributed by atoms with Crippen LogP contribution in [0, 0.1) is 0 Å². The largest absolute Gasteiger partial charge is 0.478 e. The summed E-state index contributed by atoms with van der Waals surface area (Å²) in [4.78, 5) is 42.9. The Bertz CT molecular complexity index is 1730. The first-order valence-corrected chi connectivity index (χ1v) is 12.4. The van der Waals surface area contributed by atoms with E-state index in [4.69, 9.17) is 9.15 Å². The van der Waals surface area contributed by atoms with Crippen molar-refractivity contribution in [2.75, 3.05) is 6.61 Å². The van der Waals surface area contributed by atoms with Crippen LogP contribution < -0.4 is 14.9 Å². The number of esters is 1. The van der Waals surface area contributed by atoms with Crippen molar-refractivity contribution in [1.29, 1.82) is 0 Å². The van der Waals surface area contributed by atoms with Crippen LogP contribution in [-0.4, -0.2) is 28.2 Å². The van der Waals surface area contributed by atoms with E-state index >= 15 is 0 Å². The Morgan fingerprint density at radius 1 is 1.14 bits per heavy atom. The number of carboxylic acid groups (broad SMARTS) is 1. The Labute approximate surface area is 215 Å². The van der Waals surface area contributed by atoms with Gasteiger partial charge in [-0.05, 0) is 43.7 Å². The van der Waals surface area contributed by atoms with E-state index in [1.165, 1.54) is 28.0 Å². The summed E-state index contributed by atoms with van der Waals surface area (Å²) in [5.41, 5.74) is 2.05. The average Bonchev–Trinajstić information content (AvgIpc) is 3.48. The van der Waals surface area contributed by atoms with E-state index in [0.29, 0.717) is 37.7 Å². The molecule has 37 heavy (non-hydrogen) atoms. The standard InChI is InChI=1S/C28H22N2O6S/c1-3-35-27(34)23-16(2)29-28-30(24(23)17-8-5-4-6-9-17)25(31)22(37-28)15-20-12-13-21(36-20)18-10-7-11-19(14-18)26(32)33/h4-15,24H,3H2,1-2H3,(H,32,33). The highest BCUT2D eigenvalue weighted by molar-refractivity contribution is 7.07. The number of aromatic nitrogens is 1. The molecule has 1 N–H and O–H groups in total. The van der Waals surface area contributed by atoms with E-state index in [1.807, 2.05) is 30.3 Å². The first kappa shape index (κ1) is 24.2. The molecular formula is C28H22N2O6S. The molecule has 1 aliphatic heterocycles. The molecule has 1 aliphatic rings. The number of furan rings is 1. The number of fused-ring (bicyclic) bond motifs is 1. The number of rotatable bonds is 6. The van der Waals surface area contributed by atoms with Gasteiger partial charge in [-0.25, -0.2) is 14.6 Å². The highest BCUT2D eigenvalue weighted by atomic mass is 32.1. The van der Waals surface area contributed by atoms with Crippen molar-refractivity contribution in [3.63, 3.8) is 0 Å². The number of thiazole rings is 1. The molecule has 0 saturated carbocycles. The molecule has 0 spiro atoms. The fourth-order valence-corrected chi connectivity index (χ4v) is 5.29. The number of benzene rings is 2. The topological polar surface area (TPSA) is 111 Å². The maximum Gasteiger partial charge on any atom is 0.338 e. The second-order valence-electron chi connectivity index (χ2n) is 8.30. The zero-order chi connectivity index (χ0) is 26.1. The highest BCUT2D eigenvalue weighted by Gasteiger charge is 2.33. The second-order valence-corrected chi connectivity index (χ2v) is 9.31. The van der Waals surface area contributed by atoms with Gasteiger partial charge in [-0.15, -0.1) is 0 Å². The van der Waals surface area contributed by atoms with Crippen molar-refractivity contribution in [3.8, 4) is 11.3 Å². The molecule has 2 aromatic carbocycles. The van der Waals surface area contributed by atoms with Gasteiger partial charge in [0.25, 0.3) is 5.56 Å². The second kappa shape index (κ2) is 9.87. The van der Waals surface area contributed by atoms with Gasteiger partial charge in [0.2, 0.25) is 0 Å². The molecule has 5 rings (SSSR count). The van der Waals surface area contributed by atoms with Gasteiger partial charge in [-0.3, -0.25) is 9.36 Å². The van der Waals surface area contributed by atoms with E-state index in [9.17, 15) is 19.5 Å². The molecule has 8 nitrogen and oxygen atoms in total. The van der Waals surface area contributed by atoms with Crippen molar-refractivity contribution >= 4 is 29.4 Å². The summed E-state index contributed by atoms with van der Waals surface area (Å²) < 4.78 is 13.1. The summed E-state index contributed by atoms with van der Waals surface area (Å²) in [6.45, 7) is 3.68. The van der Waals surface area contributed by atoms with Crippen LogP contribution in [0.25, 0.3) is 17.4 Å². The van der Waals surface area contributed by atoms with Crippen LogP contribution in [0.3, 0.4) is 0 Å². The van der Waals surface area contributed by atoms with E-state index in [2.05, 4.69) is 4.99 Å². The molecule has 0 saturated heterocycles. The number of nitrogens with zero attached hydrogens (tertiary/aromatic N) is 2. The minimum Gasteiger partial charge on any atom is -0.478 e. The number of ether oxygens (including phenoxy) is 1. The Hall–Kier alpha value is -4.50. The Morgan fingerprint density at radius 2 is 1.92 bits per heavy atom. The molecule has 0 aliphatic carbocycles. The van der Waals surface area contributed by atoms with Gasteiger partial charge in [0.1, 0.15) is 11.5 Å². The van der Waals surface area contributed by atoms with Crippen LogP contribution in [0.5, 0.6) is 0 Å². The van der Waals surface area contributed by atoms with Crippen LogP contribution in [0.1, 0.15) is 41.6 Å². The molecule has 1 unspecified atom stereocenters. The summed E-state index contributed by atoms with van der Waals surface area (Å²) >= 11 is 1.20. The molecule has 186 valence electrons. The number of allylic oxidation sites excluding steroid dienone is 1. The maximum absolute atomic E-state index is 13.6. The quantitative estimate of drug-likeness (QED) is 0.392. The number of aromatic carboxylic acids is 1. The highest BCUT2D eigenvalue weighted by Crippen LogP contribution is 2.30. The molecular weight excluding hydrogens is 492 g/mol. The van der Waals surface area contributed by atoms with Crippen molar-refractivity contribution in [2.24, 2.45) is 4.99 Å². The SMILES string of the molecule is CCOC(=O)C1=C(C)N=c2sc(=Cc3ccc(-c4cccc(C(=O)O)c4)o3)c(=O)n2C1c1ccccc1. The average molecular weight is 515 g/mol. The molecule has 0 amide bonds. The third kappa shape index (κ3) is 4.56. The number of carbonyl (C=O) groups is 2. The Balaban J connectivity index is 1.61. The minimum absolute atomic E-state index is 0.150. The summed E-state index contributed by atoms with van der Waals surface area (Å²) in [5.74, 6) is -0.630. The first-order chi connectivity index (χ1) is 17.9. The van der Waals surface area contributed by atoms with Crippen LogP contribution in [0.4, 0.5) is 0 Å². The van der Waals surface area contributed by atoms with Gasteiger partial charge in [0, 0.05) is 11.6 Å². The lowest BCUT2D eigenvalue weighted by Gasteiger charge is -2.24. The third-order valence-electron chi connectivity index (χ3n) is 5.93. The van der Waals surface area contributed by atoms with Crippen molar-refractivity contribution in [1.82, 2.24) is 4.57 Å². The molecule has 1 atom stereocenters. The van der Waals surface area contributed by atoms with Crippen LogP contribution >= 0.6 is 11.3 Å². The Morgan fingerprint density at radius 3 is 2.65 bits per heavy atom. The number of carbonyl (C=O) groups excluding carboxylic acids is 1.